The average molecular weight is 216 g/mol. The van der Waals surface area contributed by atoms with E-state index in [9.17, 15) is 4.79 Å². The molecule has 1 unspecified atom stereocenters. The highest BCUT2D eigenvalue weighted by molar-refractivity contribution is 5.73. The van der Waals surface area contributed by atoms with Gasteiger partial charge in [-0.3, -0.25) is 4.79 Å². The maximum Gasteiger partial charge on any atom is 0.219 e. The number of hydrogen-bond donors (Lipinski definition) is 2. The summed E-state index contributed by atoms with van der Waals surface area (Å²) in [5.74, 6) is -0.0254. The molecule has 3 N–H and O–H groups in total. The van der Waals surface area contributed by atoms with Gasteiger partial charge in [0.1, 0.15) is 0 Å². The second-order valence-electron chi connectivity index (χ2n) is 3.98. The lowest BCUT2D eigenvalue weighted by Crippen LogP contribution is -2.43. The fraction of sp³-hybridized carbons (Fsp3) is 0.900. The van der Waals surface area contributed by atoms with Crippen LogP contribution in [0.3, 0.4) is 0 Å². The van der Waals surface area contributed by atoms with Gasteiger partial charge in [0, 0.05) is 26.1 Å². The van der Waals surface area contributed by atoms with Crippen molar-refractivity contribution in [1.29, 1.82) is 0 Å². The van der Waals surface area contributed by atoms with Crippen molar-refractivity contribution in [2.24, 2.45) is 5.73 Å². The Bertz CT molecular complexity index is 203. The van der Waals surface area contributed by atoms with Crippen LogP contribution in [0.5, 0.6) is 0 Å². The Labute approximate surface area is 90.2 Å². The van der Waals surface area contributed by atoms with Gasteiger partial charge in [0.15, 0.2) is 0 Å². The molecular formula is C10H20N2O3. The molecule has 88 valence electrons. The molecule has 2 atom stereocenters. The molecule has 1 aliphatic heterocycles. The largest absolute Gasteiger partial charge is 0.395 e. The summed E-state index contributed by atoms with van der Waals surface area (Å²) in [6.45, 7) is 3.00. The predicted molar refractivity (Wildman–Crippen MR) is 56.3 cm³/mol. The van der Waals surface area contributed by atoms with E-state index in [0.29, 0.717) is 19.7 Å². The van der Waals surface area contributed by atoms with Crippen molar-refractivity contribution in [1.82, 2.24) is 4.90 Å². The van der Waals surface area contributed by atoms with Crippen LogP contribution in [0.2, 0.25) is 0 Å². The van der Waals surface area contributed by atoms with Gasteiger partial charge < -0.3 is 20.5 Å². The summed E-state index contributed by atoms with van der Waals surface area (Å²) in [6.07, 6.45) is 1.89. The number of hydrogen-bond acceptors (Lipinski definition) is 4. The van der Waals surface area contributed by atoms with E-state index < -0.39 is 0 Å². The molecule has 1 fully saturated rings. The normalized spacial score (nSPS) is 26.3. The van der Waals surface area contributed by atoms with Gasteiger partial charge in [-0.05, 0) is 12.8 Å². The van der Waals surface area contributed by atoms with Crippen molar-refractivity contribution < 1.29 is 14.6 Å². The Morgan fingerprint density at radius 1 is 1.60 bits per heavy atom. The van der Waals surface area contributed by atoms with Crippen molar-refractivity contribution in [3.63, 3.8) is 0 Å². The molecule has 1 amide bonds. The van der Waals surface area contributed by atoms with Gasteiger partial charge in [-0.2, -0.15) is 0 Å². The topological polar surface area (TPSA) is 75.8 Å². The molecule has 1 heterocycles. The molecule has 5 heteroatoms. The van der Waals surface area contributed by atoms with Crippen LogP contribution < -0.4 is 5.73 Å². The highest BCUT2D eigenvalue weighted by atomic mass is 16.5. The molecule has 1 rings (SSSR count). The third kappa shape index (κ3) is 4.15. The van der Waals surface area contributed by atoms with E-state index >= 15 is 0 Å². The minimum atomic E-state index is -0.0254. The Kier molecular flexibility index (Phi) is 5.01. The molecule has 0 aromatic carbocycles. The first kappa shape index (κ1) is 12.4. The van der Waals surface area contributed by atoms with Crippen molar-refractivity contribution in [3.8, 4) is 0 Å². The van der Waals surface area contributed by atoms with Crippen molar-refractivity contribution in [2.45, 2.75) is 31.9 Å². The number of ether oxygens (including phenoxy) is 1. The molecule has 5 nitrogen and oxygen atoms in total. The van der Waals surface area contributed by atoms with Crippen LogP contribution in [0.25, 0.3) is 0 Å². The third-order valence-electron chi connectivity index (χ3n) is 2.64. The summed E-state index contributed by atoms with van der Waals surface area (Å²) >= 11 is 0. The minimum Gasteiger partial charge on any atom is -0.395 e. The van der Waals surface area contributed by atoms with E-state index in [2.05, 4.69) is 0 Å². The highest BCUT2D eigenvalue weighted by Gasteiger charge is 2.22. The second kappa shape index (κ2) is 6.05. The van der Waals surface area contributed by atoms with Gasteiger partial charge in [-0.15, -0.1) is 0 Å². The zero-order valence-corrected chi connectivity index (χ0v) is 9.19. The molecular weight excluding hydrogens is 196 g/mol. The van der Waals surface area contributed by atoms with Crippen molar-refractivity contribution >= 4 is 5.91 Å². The van der Waals surface area contributed by atoms with Gasteiger partial charge in [0.2, 0.25) is 5.91 Å². The Balaban J connectivity index is 2.34. The highest BCUT2D eigenvalue weighted by Crippen LogP contribution is 2.13. The molecule has 1 aliphatic rings. The summed E-state index contributed by atoms with van der Waals surface area (Å²) in [5.41, 5.74) is 5.70. The van der Waals surface area contributed by atoms with E-state index in [1.54, 1.807) is 4.90 Å². The Morgan fingerprint density at radius 2 is 2.33 bits per heavy atom. The van der Waals surface area contributed by atoms with Gasteiger partial charge in [-0.1, -0.05) is 0 Å². The molecule has 0 aliphatic carbocycles. The first-order valence-corrected chi connectivity index (χ1v) is 5.37. The van der Waals surface area contributed by atoms with E-state index in [1.165, 1.54) is 6.92 Å². The quantitative estimate of drug-likeness (QED) is 0.653. The fourth-order valence-corrected chi connectivity index (χ4v) is 1.71. The summed E-state index contributed by atoms with van der Waals surface area (Å²) in [7, 11) is 0. The lowest BCUT2D eigenvalue weighted by Gasteiger charge is -2.31. The number of carbonyl (C=O) groups excluding carboxylic acids is 1. The zero-order valence-electron chi connectivity index (χ0n) is 9.19. The number of nitrogens with zero attached hydrogens (tertiary/aromatic N) is 1. The van der Waals surface area contributed by atoms with Gasteiger partial charge in [0.25, 0.3) is 0 Å². The summed E-state index contributed by atoms with van der Waals surface area (Å²) in [4.78, 5) is 12.8. The first-order chi connectivity index (χ1) is 7.13. The van der Waals surface area contributed by atoms with Crippen LogP contribution in [0, 0.1) is 0 Å². The average Bonchev–Trinajstić information content (AvgIpc) is 2.20. The molecule has 0 spiro atoms. The second-order valence-corrected chi connectivity index (χ2v) is 3.98. The summed E-state index contributed by atoms with van der Waals surface area (Å²) in [5, 5.41) is 8.80. The van der Waals surface area contributed by atoms with Gasteiger partial charge in [0.05, 0.1) is 19.3 Å². The smallest absolute Gasteiger partial charge is 0.219 e. The van der Waals surface area contributed by atoms with E-state index in [0.717, 1.165) is 12.8 Å². The van der Waals surface area contributed by atoms with E-state index in [-0.39, 0.29) is 24.7 Å². The van der Waals surface area contributed by atoms with Crippen LogP contribution >= 0.6 is 0 Å². The minimum absolute atomic E-state index is 0.00812. The Hall–Kier alpha value is -0.650. The van der Waals surface area contributed by atoms with Crippen LogP contribution in [0.1, 0.15) is 19.8 Å². The number of aliphatic hydroxyl groups is 1. The van der Waals surface area contributed by atoms with Crippen molar-refractivity contribution in [2.75, 3.05) is 26.3 Å². The van der Waals surface area contributed by atoms with Crippen molar-refractivity contribution in [3.05, 3.63) is 0 Å². The lowest BCUT2D eigenvalue weighted by atomic mass is 10.1. The predicted octanol–water partition coefficient (Wildman–Crippen LogP) is -0.666. The number of aliphatic hydroxyl groups excluding tert-OH is 1. The molecule has 15 heavy (non-hydrogen) atoms. The molecule has 0 saturated carbocycles. The SMILES string of the molecule is CC(=O)N(CCO)CC1CC[C@@H](N)CO1. The van der Waals surface area contributed by atoms with Crippen LogP contribution in [0.15, 0.2) is 0 Å². The Morgan fingerprint density at radius 3 is 2.80 bits per heavy atom. The van der Waals surface area contributed by atoms with E-state index in [1.807, 2.05) is 0 Å². The number of rotatable bonds is 4. The molecule has 0 aromatic rings. The monoisotopic (exact) mass is 216 g/mol. The fourth-order valence-electron chi connectivity index (χ4n) is 1.71. The van der Waals surface area contributed by atoms with Gasteiger partial charge in [-0.25, -0.2) is 0 Å². The number of nitrogens with two attached hydrogens (primary N) is 1. The zero-order chi connectivity index (χ0) is 11.3. The van der Waals surface area contributed by atoms with Gasteiger partial charge >= 0.3 is 0 Å². The third-order valence-corrected chi connectivity index (χ3v) is 2.64. The molecule has 0 bridgehead atoms. The maximum atomic E-state index is 11.2. The number of carbonyl (C=O) groups is 1. The van der Waals surface area contributed by atoms with Crippen LogP contribution in [-0.4, -0.2) is 54.4 Å². The van der Waals surface area contributed by atoms with E-state index in [4.69, 9.17) is 15.6 Å². The first-order valence-electron chi connectivity index (χ1n) is 5.37. The standard InChI is InChI=1S/C10H20N2O3/c1-8(14)12(4-5-13)6-10-3-2-9(11)7-15-10/h9-10,13H,2-7,11H2,1H3/t9-,10?/m1/s1. The molecule has 0 radical (unpaired) electrons. The van der Waals surface area contributed by atoms with Crippen LogP contribution in [0.4, 0.5) is 0 Å². The lowest BCUT2D eigenvalue weighted by molar-refractivity contribution is -0.132. The maximum absolute atomic E-state index is 11.2. The summed E-state index contributed by atoms with van der Waals surface area (Å²) < 4.78 is 5.52. The van der Waals surface area contributed by atoms with Crippen LogP contribution in [-0.2, 0) is 9.53 Å². The summed E-state index contributed by atoms with van der Waals surface area (Å²) in [6, 6.07) is 0.130. The molecule has 0 aromatic heterocycles. The number of amides is 1. The molecule has 1 saturated heterocycles.